The van der Waals surface area contributed by atoms with Crippen LogP contribution in [0.4, 0.5) is 11.4 Å². The molecule has 0 spiro atoms. The van der Waals surface area contributed by atoms with Crippen LogP contribution in [0.1, 0.15) is 228 Å². The highest BCUT2D eigenvalue weighted by Gasteiger charge is 2.49. The summed E-state index contributed by atoms with van der Waals surface area (Å²) in [6.45, 7) is 42.6. The van der Waals surface area contributed by atoms with Crippen molar-refractivity contribution in [2.45, 2.75) is 247 Å². The van der Waals surface area contributed by atoms with Gasteiger partial charge in [0.05, 0.1) is 46.8 Å². The van der Waals surface area contributed by atoms with Crippen LogP contribution in [0.15, 0.2) is 170 Å². The second-order valence-corrected chi connectivity index (χ2v) is 42.2. The third kappa shape index (κ3) is 17.6. The van der Waals surface area contributed by atoms with Crippen LogP contribution < -0.4 is 38.2 Å². The number of hydrogen-bond acceptors (Lipinski definition) is 20. The number of ether oxygens (including phenoxy) is 8. The number of amides is 4. The van der Waals surface area contributed by atoms with Crippen molar-refractivity contribution < 1.29 is 97.9 Å². The third-order valence-corrected chi connectivity index (χ3v) is 24.6. The smallest absolute Gasteiger partial charge is 0.266 e. The number of aliphatic hydroxyl groups excluding tert-OH is 8. The number of carbonyl (C=O) groups is 4. The Morgan fingerprint density at radius 3 is 0.698 bits per heavy atom. The van der Waals surface area contributed by atoms with Gasteiger partial charge in [-0.3, -0.25) is 19.2 Å². The molecule has 4 aliphatic rings. The van der Waals surface area contributed by atoms with Gasteiger partial charge in [0.25, 0.3) is 23.6 Å². The first-order valence-corrected chi connectivity index (χ1v) is 43.3. The normalized spacial score (nSPS) is 21.2. The van der Waals surface area contributed by atoms with E-state index in [9.17, 15) is 40.9 Å². The van der Waals surface area contributed by atoms with E-state index in [4.69, 9.17) is 37.9 Å². The summed E-state index contributed by atoms with van der Waals surface area (Å²) in [7, 11) is 0. The molecule has 11 aromatic rings. The summed E-state index contributed by atoms with van der Waals surface area (Å²) in [5.41, 5.74) is 2.83. The van der Waals surface area contributed by atoms with E-state index in [0.717, 1.165) is 57.7 Å². The van der Waals surface area contributed by atoms with Crippen LogP contribution in [0.25, 0.3) is 43.1 Å². The minimum absolute atomic E-state index is 0.00710. The summed E-state index contributed by atoms with van der Waals surface area (Å²) in [6.07, 6.45) is -12.7. The molecule has 11 aromatic carbocycles. The van der Waals surface area contributed by atoms with Crippen LogP contribution in [0.2, 0.25) is 0 Å². The molecule has 15 rings (SSSR count). The van der Waals surface area contributed by atoms with Crippen LogP contribution in [-0.2, 0) is 31.1 Å². The molecule has 22 heteroatoms. The number of hydrogen-bond donors (Lipinski definition) is 8. The molecule has 10 atom stereocenters. The number of imide groups is 2. The third-order valence-electron chi connectivity index (χ3n) is 24.6. The maximum Gasteiger partial charge on any atom is 0.266 e. The van der Waals surface area contributed by atoms with E-state index in [0.29, 0.717) is 23.0 Å². The van der Waals surface area contributed by atoms with Crippen LogP contribution in [0.5, 0.6) is 57.5 Å². The minimum atomic E-state index is -1.75. The first-order valence-electron chi connectivity index (χ1n) is 43.3. The first kappa shape index (κ1) is 90.2. The van der Waals surface area contributed by atoms with E-state index in [1.807, 2.05) is 97.1 Å². The highest BCUT2D eigenvalue weighted by Crippen LogP contribution is 2.59. The maximum absolute atomic E-state index is 16.6. The molecule has 664 valence electrons. The molecule has 0 bridgehead atoms. The quantitative estimate of drug-likeness (QED) is 0.0158. The minimum Gasteiger partial charge on any atom is -0.462 e. The zero-order valence-electron chi connectivity index (χ0n) is 75.6. The molecule has 8 N–H and O–H groups in total. The fourth-order valence-corrected chi connectivity index (χ4v) is 20.4. The van der Waals surface area contributed by atoms with Crippen LogP contribution in [-0.4, -0.2) is 139 Å². The summed E-state index contributed by atoms with van der Waals surface area (Å²) >= 11 is 0. The van der Waals surface area contributed by atoms with E-state index in [2.05, 4.69) is 138 Å². The number of fused-ring (bicyclic) bond motifs is 2. The number of aliphatic hydroxyl groups is 8. The molecule has 0 saturated carbocycles. The molecule has 0 aliphatic carbocycles. The van der Waals surface area contributed by atoms with Gasteiger partial charge in [-0.25, -0.2) is 9.80 Å². The molecule has 2 fully saturated rings. The Bertz CT molecular complexity index is 5330. The number of anilines is 2. The van der Waals surface area contributed by atoms with Crippen molar-refractivity contribution in [3.8, 4) is 57.5 Å². The van der Waals surface area contributed by atoms with E-state index in [1.54, 1.807) is 24.3 Å². The summed E-state index contributed by atoms with van der Waals surface area (Å²) in [5, 5.41) is 87.0. The molecule has 0 aromatic heterocycles. The van der Waals surface area contributed by atoms with Gasteiger partial charge in [-0.2, -0.15) is 0 Å². The van der Waals surface area contributed by atoms with Gasteiger partial charge < -0.3 is 78.7 Å². The van der Waals surface area contributed by atoms with Crippen molar-refractivity contribution >= 4 is 78.1 Å². The van der Waals surface area contributed by atoms with Gasteiger partial charge in [-0.1, -0.05) is 187 Å². The molecule has 22 nitrogen and oxygen atoms in total. The summed E-state index contributed by atoms with van der Waals surface area (Å²) in [4.78, 5) is 68.4. The number of nitrogens with zero attached hydrogens (tertiary/aromatic N) is 2. The Balaban J connectivity index is 1.04. The average Bonchev–Trinajstić information content (AvgIpc) is 0.668. The Morgan fingerprint density at radius 1 is 0.278 bits per heavy atom. The van der Waals surface area contributed by atoms with Crippen LogP contribution >= 0.6 is 0 Å². The molecule has 0 radical (unpaired) electrons. The van der Waals surface area contributed by atoms with Crippen molar-refractivity contribution in [2.24, 2.45) is 21.7 Å². The molecule has 4 heterocycles. The molecular weight excluding hydrogens is 1600 g/mol. The van der Waals surface area contributed by atoms with Gasteiger partial charge in [0.1, 0.15) is 106 Å². The lowest BCUT2D eigenvalue weighted by Gasteiger charge is -2.39. The fourth-order valence-electron chi connectivity index (χ4n) is 20.4. The van der Waals surface area contributed by atoms with E-state index in [-0.39, 0.29) is 155 Å². The predicted molar refractivity (Wildman–Crippen MR) is 486 cm³/mol. The molecular formula is C104H118N2O20. The average molecular weight is 1720 g/mol. The molecule has 0 unspecified atom stereocenters. The standard InChI is InChI=1S/C104H118N2O20/c1-97(2,3)51-101(13,14)55-21-33-61(34-22-55)119-71-45-67-77-68(92(116)105(91(67)115)59-29-41-65(42-30-59)123-95-89(113)87(111)85(109)75(49-107)125-95)47-73(121-63-37-25-57(26-38-63)103(17,18)53-99(7,8)9)81-82-74(122-64-39-27-58(28-40-64)104(19,20)54-100(10,11)12)48-70-78-69(93(117)106(94(70)118)60-31-43-66(44-32-60)124-96-90(114)88(112)86(110)76(50-108)126-96)46-72(80(84(78)82)79(71)83(77)81)120-62-35-23-56(24-36-62)102(15,16)52-98(4,5)6/h21-48,75-76,85-90,95-96,107-114H,49-54H2,1-20H3/t75-,76-,85-,86-,87+,88+,89-,90-,95+,96+/m1/s1. The molecule has 4 aliphatic heterocycles. The largest absolute Gasteiger partial charge is 0.462 e. The molecule has 2 saturated heterocycles. The Hall–Kier alpha value is -10.6. The highest BCUT2D eigenvalue weighted by atomic mass is 16.7. The van der Waals surface area contributed by atoms with E-state index >= 15 is 19.2 Å². The van der Waals surface area contributed by atoms with Gasteiger partial charge >= 0.3 is 0 Å². The summed E-state index contributed by atoms with van der Waals surface area (Å²) < 4.78 is 53.5. The van der Waals surface area contributed by atoms with Crippen molar-refractivity contribution in [1.29, 1.82) is 0 Å². The summed E-state index contributed by atoms with van der Waals surface area (Å²) in [5.74, 6) is -1.32. The molecule has 126 heavy (non-hydrogen) atoms. The lowest BCUT2D eigenvalue weighted by molar-refractivity contribution is -0.277. The second-order valence-electron chi connectivity index (χ2n) is 42.2. The number of rotatable bonds is 24. The number of carbonyl (C=O) groups excluding carboxylic acids is 4. The van der Waals surface area contributed by atoms with Crippen molar-refractivity contribution in [3.05, 3.63) is 214 Å². The Labute approximate surface area is 735 Å². The van der Waals surface area contributed by atoms with Crippen molar-refractivity contribution in [3.63, 3.8) is 0 Å². The zero-order valence-corrected chi connectivity index (χ0v) is 75.6. The predicted octanol–water partition coefficient (Wildman–Crippen LogP) is 19.7. The summed E-state index contributed by atoms with van der Waals surface area (Å²) in [6, 6.07) is 49.3. The van der Waals surface area contributed by atoms with Crippen LogP contribution in [0.3, 0.4) is 0 Å². The van der Waals surface area contributed by atoms with Crippen molar-refractivity contribution in [1.82, 2.24) is 0 Å². The first-order chi connectivity index (χ1) is 58.9. The highest BCUT2D eigenvalue weighted by molar-refractivity contribution is 6.48. The number of benzene rings is 11. The van der Waals surface area contributed by atoms with Gasteiger partial charge in [-0.05, 0) is 213 Å². The Morgan fingerprint density at radius 2 is 0.492 bits per heavy atom. The van der Waals surface area contributed by atoms with E-state index in [1.165, 1.54) is 48.5 Å². The van der Waals surface area contributed by atoms with Crippen LogP contribution in [0, 0.1) is 21.7 Å². The lowest BCUT2D eigenvalue weighted by Crippen LogP contribution is -2.60. The second kappa shape index (κ2) is 32.9. The van der Waals surface area contributed by atoms with Gasteiger partial charge in [0.15, 0.2) is 0 Å². The Kier molecular flexibility index (Phi) is 23.6. The topological polar surface area (TPSA) is 310 Å². The van der Waals surface area contributed by atoms with Gasteiger partial charge in [0.2, 0.25) is 12.6 Å². The SMILES string of the molecule is CC(C)(C)CC(C)(C)c1ccc(Oc2cc3c4c(cc(Oc5ccc(C(C)(C)CC(C)(C)C)cc5)c5c6c(Oc7ccc(C(C)(C)CC(C)(C)C)cc7)cc7c8c(cc(Oc9ccc(C(C)(C)CC(C)(C)C)cc9)c(c2c45)c86)C(=O)N(c2ccc(O[C@H]4O[C@H](CO)[C@@H](O)[C@H](O)[C@H]4O)cc2)C7=O)C(=O)N(c2ccc(O[C@H]4O[C@H](CO)[C@@H](O)[C@H](O)[C@H]4O)cc2)C3=O)cc1. The lowest BCUT2D eigenvalue weighted by atomic mass is 9.72. The fraction of sp³-hybridized carbons (Fsp3) is 0.423. The maximum atomic E-state index is 16.6. The van der Waals surface area contributed by atoms with E-state index < -0.39 is 98.3 Å². The van der Waals surface area contributed by atoms with Gasteiger partial charge in [-0.15, -0.1) is 0 Å². The molecule has 4 amide bonds. The van der Waals surface area contributed by atoms with Gasteiger partial charge in [0, 0.05) is 43.1 Å². The van der Waals surface area contributed by atoms with Crippen molar-refractivity contribution in [2.75, 3.05) is 23.0 Å². The zero-order chi connectivity index (χ0) is 91.1. The monoisotopic (exact) mass is 1710 g/mol.